The third-order valence-corrected chi connectivity index (χ3v) is 3.04. The Balaban J connectivity index is 2.83. The van der Waals surface area contributed by atoms with E-state index in [0.717, 1.165) is 8.30 Å². The fraction of sp³-hybridized carbons (Fsp3) is 0. The fourth-order valence-electron chi connectivity index (χ4n) is 0.422. The minimum atomic E-state index is 0.0846. The van der Waals surface area contributed by atoms with Gasteiger partial charge in [-0.25, -0.2) is 0 Å². The van der Waals surface area contributed by atoms with Gasteiger partial charge in [-0.05, 0) is 55.8 Å². The zero-order valence-corrected chi connectivity index (χ0v) is 8.22. The maximum absolute atomic E-state index is 10.6. The lowest BCUT2D eigenvalue weighted by molar-refractivity contribution is -0.106. The highest BCUT2D eigenvalue weighted by Crippen LogP contribution is 2.33. The van der Waals surface area contributed by atoms with E-state index >= 15 is 0 Å². The zero-order valence-electron chi connectivity index (χ0n) is 4.23. The topological polar surface area (TPSA) is 17.1 Å². The summed E-state index contributed by atoms with van der Waals surface area (Å²) in [6.07, 6.45) is 3.31. The largest absolute Gasteiger partial charge is 0.282 e. The summed E-state index contributed by atoms with van der Waals surface area (Å²) in [6.45, 7) is 0. The number of carbonyl (C=O) groups is 1. The minimum absolute atomic E-state index is 0.0846. The van der Waals surface area contributed by atoms with E-state index in [2.05, 4.69) is 31.9 Å². The molecule has 0 aromatic rings. The van der Waals surface area contributed by atoms with Gasteiger partial charge in [-0.2, -0.15) is 0 Å². The first kappa shape index (κ1) is 7.57. The molecule has 1 rings (SSSR count). The molecule has 0 unspecified atom stereocenters. The molecule has 48 valence electrons. The maximum Gasteiger partial charge on any atom is 0.216 e. The number of thioether (sulfide) groups is 1. The first-order valence-electron chi connectivity index (χ1n) is 2.15. The summed E-state index contributed by atoms with van der Waals surface area (Å²) < 4.78 is 0.835. The van der Waals surface area contributed by atoms with E-state index in [4.69, 9.17) is 0 Å². The first-order valence-corrected chi connectivity index (χ1v) is 4.55. The van der Waals surface area contributed by atoms with Crippen LogP contribution in [0.1, 0.15) is 0 Å². The van der Waals surface area contributed by atoms with Gasteiger partial charge in [-0.3, -0.25) is 4.79 Å². The Morgan fingerprint density at radius 2 is 2.11 bits per heavy atom. The van der Waals surface area contributed by atoms with Crippen molar-refractivity contribution in [3.05, 3.63) is 20.4 Å². The third-order valence-electron chi connectivity index (χ3n) is 0.768. The molecule has 4 heteroatoms. The van der Waals surface area contributed by atoms with E-state index in [1.54, 1.807) is 12.2 Å². The van der Waals surface area contributed by atoms with E-state index in [1.807, 2.05) is 0 Å². The molecule has 1 aliphatic rings. The van der Waals surface area contributed by atoms with Crippen molar-refractivity contribution in [3.63, 3.8) is 0 Å². The molecular weight excluding hydrogens is 268 g/mol. The average molecular weight is 270 g/mol. The molecule has 0 saturated heterocycles. The van der Waals surface area contributed by atoms with Gasteiger partial charge in [0.25, 0.3) is 0 Å². The quantitative estimate of drug-likeness (QED) is 0.673. The number of halogens is 2. The van der Waals surface area contributed by atoms with Gasteiger partial charge in [-0.15, -0.1) is 0 Å². The van der Waals surface area contributed by atoms with Crippen LogP contribution in [0.3, 0.4) is 0 Å². The molecule has 1 nitrogen and oxygen atoms in total. The number of hydrogen-bond donors (Lipinski definition) is 0. The second-order valence-corrected chi connectivity index (χ2v) is 5.08. The minimum Gasteiger partial charge on any atom is -0.282 e. The molecule has 0 aromatic heterocycles. The molecular formula is C5H2Br2OS. The molecule has 0 amide bonds. The standard InChI is InChI=1S/C5H2Br2OS/c6-5(7)3-1-2-4(8)9-3/h1-2H. The summed E-state index contributed by atoms with van der Waals surface area (Å²) in [6, 6.07) is 0. The summed E-state index contributed by atoms with van der Waals surface area (Å²) in [4.78, 5) is 11.5. The van der Waals surface area contributed by atoms with Gasteiger partial charge < -0.3 is 0 Å². The third kappa shape index (κ3) is 1.95. The van der Waals surface area contributed by atoms with Crippen LogP contribution in [0, 0.1) is 0 Å². The smallest absolute Gasteiger partial charge is 0.216 e. The van der Waals surface area contributed by atoms with Crippen molar-refractivity contribution >= 4 is 48.7 Å². The molecule has 0 atom stereocenters. The summed E-state index contributed by atoms with van der Waals surface area (Å²) in [5.74, 6) is 0. The van der Waals surface area contributed by atoms with Crippen molar-refractivity contribution in [3.8, 4) is 0 Å². The van der Waals surface area contributed by atoms with Gasteiger partial charge in [0.15, 0.2) is 0 Å². The molecule has 0 spiro atoms. The van der Waals surface area contributed by atoms with Crippen LogP contribution >= 0.6 is 43.6 Å². The van der Waals surface area contributed by atoms with Crippen molar-refractivity contribution in [1.82, 2.24) is 0 Å². The molecule has 0 bridgehead atoms. The molecule has 0 radical (unpaired) electrons. The summed E-state index contributed by atoms with van der Waals surface area (Å²) in [5.41, 5.74) is 0. The van der Waals surface area contributed by atoms with Crippen LogP contribution in [-0.4, -0.2) is 5.12 Å². The Morgan fingerprint density at radius 3 is 2.33 bits per heavy atom. The van der Waals surface area contributed by atoms with E-state index in [1.165, 1.54) is 11.8 Å². The van der Waals surface area contributed by atoms with Crippen LogP contribution < -0.4 is 0 Å². The van der Waals surface area contributed by atoms with Gasteiger partial charge >= 0.3 is 0 Å². The Morgan fingerprint density at radius 1 is 1.44 bits per heavy atom. The predicted octanol–water partition coefficient (Wildman–Crippen LogP) is 2.77. The van der Waals surface area contributed by atoms with E-state index in [9.17, 15) is 4.79 Å². The lowest BCUT2D eigenvalue weighted by Crippen LogP contribution is -1.73. The maximum atomic E-state index is 10.6. The second kappa shape index (κ2) is 3.03. The van der Waals surface area contributed by atoms with Gasteiger partial charge in [0.2, 0.25) is 5.12 Å². The van der Waals surface area contributed by atoms with Gasteiger partial charge in [0, 0.05) is 4.91 Å². The highest BCUT2D eigenvalue weighted by Gasteiger charge is 2.10. The molecule has 9 heavy (non-hydrogen) atoms. The fourth-order valence-corrected chi connectivity index (χ4v) is 1.74. The molecule has 0 aliphatic carbocycles. The van der Waals surface area contributed by atoms with Crippen molar-refractivity contribution in [2.24, 2.45) is 0 Å². The average Bonchev–Trinajstić information content (AvgIpc) is 2.14. The Hall–Kier alpha value is 0.460. The Labute approximate surface area is 73.8 Å². The summed E-state index contributed by atoms with van der Waals surface area (Å²) in [7, 11) is 0. The molecule has 1 aliphatic heterocycles. The van der Waals surface area contributed by atoms with Crippen molar-refractivity contribution in [2.45, 2.75) is 0 Å². The lowest BCUT2D eigenvalue weighted by Gasteiger charge is -1.88. The summed E-state index contributed by atoms with van der Waals surface area (Å²) in [5, 5.41) is 0.0846. The molecule has 0 aromatic carbocycles. The first-order chi connectivity index (χ1) is 4.20. The number of carbonyl (C=O) groups excluding carboxylic acids is 1. The molecule has 1 heterocycles. The van der Waals surface area contributed by atoms with Crippen LogP contribution in [-0.2, 0) is 4.79 Å². The van der Waals surface area contributed by atoms with Gasteiger partial charge in [0.1, 0.15) is 0 Å². The monoisotopic (exact) mass is 268 g/mol. The van der Waals surface area contributed by atoms with E-state index < -0.39 is 0 Å². The second-order valence-electron chi connectivity index (χ2n) is 1.38. The predicted molar refractivity (Wildman–Crippen MR) is 46.6 cm³/mol. The number of rotatable bonds is 0. The van der Waals surface area contributed by atoms with Crippen LogP contribution in [0.2, 0.25) is 0 Å². The lowest BCUT2D eigenvalue weighted by atomic mass is 10.5. The highest BCUT2D eigenvalue weighted by atomic mass is 79.9. The van der Waals surface area contributed by atoms with Gasteiger partial charge in [0.05, 0.1) is 3.39 Å². The Bertz CT molecular complexity index is 203. The molecule has 0 saturated carbocycles. The van der Waals surface area contributed by atoms with Crippen molar-refractivity contribution < 1.29 is 4.79 Å². The zero-order chi connectivity index (χ0) is 6.85. The van der Waals surface area contributed by atoms with Gasteiger partial charge in [-0.1, -0.05) is 0 Å². The number of allylic oxidation sites excluding steroid dienone is 1. The van der Waals surface area contributed by atoms with Crippen molar-refractivity contribution in [2.75, 3.05) is 0 Å². The molecule has 0 N–H and O–H groups in total. The summed E-state index contributed by atoms with van der Waals surface area (Å²) >= 11 is 7.61. The van der Waals surface area contributed by atoms with Crippen LogP contribution in [0.5, 0.6) is 0 Å². The number of hydrogen-bond acceptors (Lipinski definition) is 2. The van der Waals surface area contributed by atoms with Crippen LogP contribution in [0.25, 0.3) is 0 Å². The molecule has 0 fully saturated rings. The van der Waals surface area contributed by atoms with Crippen molar-refractivity contribution in [1.29, 1.82) is 0 Å². The highest BCUT2D eigenvalue weighted by molar-refractivity contribution is 9.28. The SMILES string of the molecule is O=C1C=CC(=C(Br)Br)S1. The normalized spacial score (nSPS) is 17.1. The Kier molecular flexibility index (Phi) is 2.55. The van der Waals surface area contributed by atoms with Crippen LogP contribution in [0.15, 0.2) is 20.4 Å². The van der Waals surface area contributed by atoms with Crippen LogP contribution in [0.4, 0.5) is 0 Å². The van der Waals surface area contributed by atoms with E-state index in [-0.39, 0.29) is 5.12 Å². The van der Waals surface area contributed by atoms with E-state index in [0.29, 0.717) is 0 Å².